The van der Waals surface area contributed by atoms with Crippen molar-refractivity contribution < 1.29 is 9.53 Å². The van der Waals surface area contributed by atoms with E-state index in [2.05, 4.69) is 10.3 Å². The molecule has 4 rings (SSSR count). The Balaban J connectivity index is 1.66. The predicted molar refractivity (Wildman–Crippen MR) is 136 cm³/mol. The Morgan fingerprint density at radius 1 is 0.941 bits per heavy atom. The second-order valence-electron chi connectivity index (χ2n) is 7.89. The van der Waals surface area contributed by atoms with Gasteiger partial charge in [-0.1, -0.05) is 42.5 Å². The SMILES string of the molecule is COC(=O)c1cccc(NCCc2c(-c3ccc(C(=N)N)cc3)[nH]c3cc(C(=N)N)ccc23)c1. The van der Waals surface area contributed by atoms with Crippen molar-refractivity contribution in [1.82, 2.24) is 4.98 Å². The van der Waals surface area contributed by atoms with E-state index in [0.29, 0.717) is 29.7 Å². The lowest BCUT2D eigenvalue weighted by Crippen LogP contribution is -2.10. The molecule has 34 heavy (non-hydrogen) atoms. The first-order valence-electron chi connectivity index (χ1n) is 10.7. The van der Waals surface area contributed by atoms with Gasteiger partial charge in [0.25, 0.3) is 0 Å². The van der Waals surface area contributed by atoms with E-state index in [-0.39, 0.29) is 17.6 Å². The molecule has 8 nitrogen and oxygen atoms in total. The maximum absolute atomic E-state index is 11.8. The molecule has 0 unspecified atom stereocenters. The van der Waals surface area contributed by atoms with Crippen molar-refractivity contribution in [2.24, 2.45) is 11.5 Å². The number of H-pyrrole nitrogens is 1. The van der Waals surface area contributed by atoms with Gasteiger partial charge in [0.05, 0.1) is 12.7 Å². The third-order valence-electron chi connectivity index (χ3n) is 5.69. The summed E-state index contributed by atoms with van der Waals surface area (Å²) in [6, 6.07) is 20.4. The number of fused-ring (bicyclic) bond motifs is 1. The molecule has 1 aromatic heterocycles. The third-order valence-corrected chi connectivity index (χ3v) is 5.69. The summed E-state index contributed by atoms with van der Waals surface area (Å²) in [5.74, 6) is -0.344. The molecule has 0 saturated carbocycles. The van der Waals surface area contributed by atoms with E-state index < -0.39 is 0 Å². The number of carbonyl (C=O) groups excluding carboxylic acids is 1. The van der Waals surface area contributed by atoms with Crippen LogP contribution in [0.2, 0.25) is 0 Å². The normalized spacial score (nSPS) is 10.7. The lowest BCUT2D eigenvalue weighted by atomic mass is 10.0. The summed E-state index contributed by atoms with van der Waals surface area (Å²) in [6.07, 6.45) is 0.700. The van der Waals surface area contributed by atoms with E-state index in [4.69, 9.17) is 27.0 Å². The molecule has 1 heterocycles. The Hall–Kier alpha value is -4.59. The standard InChI is InChI=1S/C26H26N6O2/c1-34-26(33)18-3-2-4-19(13-18)31-12-11-21-20-10-9-17(25(29)30)14-22(20)32-23(21)15-5-7-16(8-6-15)24(27)28/h2-10,13-14,31-32H,11-12H2,1H3,(H3,27,28)(H3,29,30). The van der Waals surface area contributed by atoms with Gasteiger partial charge in [0.2, 0.25) is 0 Å². The van der Waals surface area contributed by atoms with Gasteiger partial charge in [-0.2, -0.15) is 0 Å². The minimum Gasteiger partial charge on any atom is -0.465 e. The number of nitrogens with two attached hydrogens (primary N) is 2. The minimum absolute atomic E-state index is 0.0116. The number of nitrogens with one attached hydrogen (secondary N) is 4. The summed E-state index contributed by atoms with van der Waals surface area (Å²) in [5, 5.41) is 19.8. The highest BCUT2D eigenvalue weighted by atomic mass is 16.5. The van der Waals surface area contributed by atoms with Gasteiger partial charge >= 0.3 is 5.97 Å². The number of aromatic amines is 1. The van der Waals surface area contributed by atoms with Crippen LogP contribution in [0.15, 0.2) is 66.7 Å². The molecular weight excluding hydrogens is 428 g/mol. The van der Waals surface area contributed by atoms with Crippen LogP contribution in [0, 0.1) is 10.8 Å². The van der Waals surface area contributed by atoms with E-state index >= 15 is 0 Å². The number of hydrogen-bond donors (Lipinski definition) is 6. The van der Waals surface area contributed by atoms with Crippen molar-refractivity contribution in [3.05, 3.63) is 89.0 Å². The average molecular weight is 455 g/mol. The fraction of sp³-hybridized carbons (Fsp3) is 0.115. The summed E-state index contributed by atoms with van der Waals surface area (Å²) in [4.78, 5) is 15.3. The van der Waals surface area contributed by atoms with Crippen LogP contribution in [0.25, 0.3) is 22.2 Å². The molecule has 172 valence electrons. The molecule has 0 aliphatic rings. The molecule has 0 aliphatic heterocycles. The predicted octanol–water partition coefficient (Wildman–Crippen LogP) is 3.84. The fourth-order valence-electron chi connectivity index (χ4n) is 3.95. The summed E-state index contributed by atoms with van der Waals surface area (Å²) >= 11 is 0. The Bertz CT molecular complexity index is 1390. The zero-order chi connectivity index (χ0) is 24.2. The summed E-state index contributed by atoms with van der Waals surface area (Å²) in [6.45, 7) is 0.630. The molecule has 0 atom stereocenters. The first kappa shape index (κ1) is 22.6. The average Bonchev–Trinajstić information content (AvgIpc) is 3.21. The van der Waals surface area contributed by atoms with E-state index in [9.17, 15) is 4.79 Å². The summed E-state index contributed by atoms with van der Waals surface area (Å²) in [5.41, 5.74) is 17.8. The first-order valence-corrected chi connectivity index (χ1v) is 10.7. The number of nitrogen functional groups attached to an aromatic ring is 2. The van der Waals surface area contributed by atoms with E-state index in [1.54, 1.807) is 12.1 Å². The summed E-state index contributed by atoms with van der Waals surface area (Å²) < 4.78 is 4.80. The maximum atomic E-state index is 11.8. The monoisotopic (exact) mass is 454 g/mol. The highest BCUT2D eigenvalue weighted by Gasteiger charge is 2.15. The second kappa shape index (κ2) is 9.50. The van der Waals surface area contributed by atoms with Crippen molar-refractivity contribution in [2.75, 3.05) is 19.0 Å². The van der Waals surface area contributed by atoms with Crippen LogP contribution in [0.1, 0.15) is 27.0 Å². The van der Waals surface area contributed by atoms with Crippen LogP contribution < -0.4 is 16.8 Å². The van der Waals surface area contributed by atoms with Crippen LogP contribution >= 0.6 is 0 Å². The topological polar surface area (TPSA) is 154 Å². The highest BCUT2D eigenvalue weighted by Crippen LogP contribution is 2.32. The van der Waals surface area contributed by atoms with E-state index in [1.807, 2.05) is 54.6 Å². The van der Waals surface area contributed by atoms with Crippen LogP contribution in [-0.4, -0.2) is 36.3 Å². The molecule has 0 aliphatic carbocycles. The van der Waals surface area contributed by atoms with Gasteiger partial charge in [0, 0.05) is 40.0 Å². The number of esters is 1. The second-order valence-corrected chi connectivity index (χ2v) is 7.89. The van der Waals surface area contributed by atoms with Gasteiger partial charge in [-0.15, -0.1) is 0 Å². The first-order chi connectivity index (χ1) is 16.4. The molecule has 0 saturated heterocycles. The Kier molecular flexibility index (Phi) is 6.31. The Labute approximate surface area is 197 Å². The largest absolute Gasteiger partial charge is 0.465 e. The van der Waals surface area contributed by atoms with Crippen LogP contribution in [0.4, 0.5) is 5.69 Å². The zero-order valence-electron chi connectivity index (χ0n) is 18.7. The van der Waals surface area contributed by atoms with Crippen LogP contribution in [0.5, 0.6) is 0 Å². The van der Waals surface area contributed by atoms with Crippen molar-refractivity contribution in [2.45, 2.75) is 6.42 Å². The van der Waals surface area contributed by atoms with Crippen molar-refractivity contribution in [1.29, 1.82) is 10.8 Å². The number of carbonyl (C=O) groups is 1. The van der Waals surface area contributed by atoms with Gasteiger partial charge in [-0.25, -0.2) is 4.79 Å². The Morgan fingerprint density at radius 2 is 1.65 bits per heavy atom. The number of aromatic nitrogens is 1. The van der Waals surface area contributed by atoms with Gasteiger partial charge in [-0.3, -0.25) is 10.8 Å². The lowest BCUT2D eigenvalue weighted by Gasteiger charge is -2.10. The maximum Gasteiger partial charge on any atom is 0.337 e. The van der Waals surface area contributed by atoms with Gasteiger partial charge in [-0.05, 0) is 41.8 Å². The van der Waals surface area contributed by atoms with Gasteiger partial charge in [0.1, 0.15) is 11.7 Å². The minimum atomic E-state index is -0.377. The number of rotatable bonds is 8. The molecule has 8 heteroatoms. The van der Waals surface area contributed by atoms with Crippen molar-refractivity contribution in [3.63, 3.8) is 0 Å². The summed E-state index contributed by atoms with van der Waals surface area (Å²) in [7, 11) is 1.36. The van der Waals surface area contributed by atoms with Crippen molar-refractivity contribution in [3.8, 4) is 11.3 Å². The smallest absolute Gasteiger partial charge is 0.337 e. The Morgan fingerprint density at radius 3 is 2.32 bits per heavy atom. The fourth-order valence-corrected chi connectivity index (χ4v) is 3.95. The van der Waals surface area contributed by atoms with Gasteiger partial charge < -0.3 is 26.5 Å². The molecule has 0 amide bonds. The van der Waals surface area contributed by atoms with E-state index in [0.717, 1.165) is 33.4 Å². The molecule has 0 fully saturated rings. The molecule has 4 aromatic rings. The molecule has 3 aromatic carbocycles. The molecular formula is C26H26N6O2. The van der Waals surface area contributed by atoms with Crippen LogP contribution in [0.3, 0.4) is 0 Å². The van der Waals surface area contributed by atoms with Crippen LogP contribution in [-0.2, 0) is 11.2 Å². The quantitative estimate of drug-likeness (QED) is 0.136. The highest BCUT2D eigenvalue weighted by molar-refractivity contribution is 6.01. The van der Waals surface area contributed by atoms with E-state index in [1.165, 1.54) is 7.11 Å². The number of hydrogen-bond acceptors (Lipinski definition) is 5. The number of amidine groups is 2. The lowest BCUT2D eigenvalue weighted by molar-refractivity contribution is 0.0601. The number of anilines is 1. The van der Waals surface area contributed by atoms with Gasteiger partial charge in [0.15, 0.2) is 0 Å². The molecule has 0 radical (unpaired) electrons. The molecule has 0 spiro atoms. The number of ether oxygens (including phenoxy) is 1. The molecule has 0 bridgehead atoms. The number of benzene rings is 3. The number of methoxy groups -OCH3 is 1. The third kappa shape index (κ3) is 4.61. The molecule has 8 N–H and O–H groups in total. The zero-order valence-corrected chi connectivity index (χ0v) is 18.7. The van der Waals surface area contributed by atoms with Crippen molar-refractivity contribution >= 4 is 34.2 Å².